The van der Waals surface area contributed by atoms with E-state index in [1.807, 2.05) is 18.2 Å². The lowest BCUT2D eigenvalue weighted by atomic mass is 10.1. The molecule has 0 radical (unpaired) electrons. The van der Waals surface area contributed by atoms with E-state index in [1.54, 1.807) is 12.3 Å². The Bertz CT molecular complexity index is 659. The molecule has 1 unspecified atom stereocenters. The first-order valence-corrected chi connectivity index (χ1v) is 6.67. The molecule has 0 aliphatic carbocycles. The van der Waals surface area contributed by atoms with Crippen LogP contribution in [0.1, 0.15) is 6.92 Å². The number of pyridine rings is 1. The maximum atomic E-state index is 11.1. The van der Waals surface area contributed by atoms with Crippen molar-refractivity contribution in [1.82, 2.24) is 10.3 Å². The first-order chi connectivity index (χ1) is 9.66. The minimum atomic E-state index is -0.375. The molecule has 20 heavy (non-hydrogen) atoms. The van der Waals surface area contributed by atoms with Gasteiger partial charge in [-0.3, -0.25) is 10.1 Å². The Morgan fingerprint density at radius 1 is 1.45 bits per heavy atom. The molecule has 6 heteroatoms. The highest BCUT2D eigenvalue weighted by Gasteiger charge is 2.21. The molecule has 6 nitrogen and oxygen atoms in total. The Kier molecular flexibility index (Phi) is 3.23. The molecule has 2 heterocycles. The first-order valence-electron chi connectivity index (χ1n) is 6.67. The van der Waals surface area contributed by atoms with Gasteiger partial charge in [-0.25, -0.2) is 4.98 Å². The summed E-state index contributed by atoms with van der Waals surface area (Å²) in [5, 5.41) is 15.3. The summed E-state index contributed by atoms with van der Waals surface area (Å²) in [5.41, 5.74) is 1.54. The molecule has 1 aliphatic heterocycles. The second-order valence-corrected chi connectivity index (χ2v) is 5.06. The summed E-state index contributed by atoms with van der Waals surface area (Å²) in [4.78, 5) is 17.2. The Labute approximate surface area is 116 Å². The van der Waals surface area contributed by atoms with Gasteiger partial charge in [0.05, 0.1) is 4.92 Å². The van der Waals surface area contributed by atoms with Gasteiger partial charge in [0.25, 0.3) is 5.69 Å². The third kappa shape index (κ3) is 2.18. The monoisotopic (exact) mass is 272 g/mol. The molecule has 1 fully saturated rings. The molecule has 1 aromatic heterocycles. The van der Waals surface area contributed by atoms with Gasteiger partial charge in [-0.05, 0) is 25.1 Å². The second kappa shape index (κ2) is 5.05. The maximum absolute atomic E-state index is 11.1. The van der Waals surface area contributed by atoms with Crippen LogP contribution in [0.2, 0.25) is 0 Å². The lowest BCUT2D eigenvalue weighted by molar-refractivity contribution is -0.383. The van der Waals surface area contributed by atoms with Crippen molar-refractivity contribution in [2.24, 2.45) is 0 Å². The fourth-order valence-electron chi connectivity index (χ4n) is 2.72. The zero-order valence-corrected chi connectivity index (χ0v) is 11.2. The summed E-state index contributed by atoms with van der Waals surface area (Å²) < 4.78 is 0. The van der Waals surface area contributed by atoms with Gasteiger partial charge in [-0.15, -0.1) is 0 Å². The number of nitrogens with one attached hydrogen (secondary N) is 1. The number of nitrogens with zero attached hydrogens (tertiary/aromatic N) is 3. The van der Waals surface area contributed by atoms with Crippen LogP contribution in [0.15, 0.2) is 30.5 Å². The Hall–Kier alpha value is -2.21. The molecule has 0 amide bonds. The van der Waals surface area contributed by atoms with E-state index in [4.69, 9.17) is 0 Å². The number of piperazine rings is 1. The van der Waals surface area contributed by atoms with E-state index in [-0.39, 0.29) is 10.6 Å². The van der Waals surface area contributed by atoms with Crippen molar-refractivity contribution in [2.75, 3.05) is 24.5 Å². The number of nitro groups is 1. The number of nitro benzene ring substituents is 1. The van der Waals surface area contributed by atoms with Gasteiger partial charge in [0.2, 0.25) is 0 Å². The zero-order valence-electron chi connectivity index (χ0n) is 11.2. The Balaban J connectivity index is 2.12. The molecule has 1 aromatic carbocycles. The quantitative estimate of drug-likeness (QED) is 0.668. The Morgan fingerprint density at radius 2 is 2.30 bits per heavy atom. The summed E-state index contributed by atoms with van der Waals surface area (Å²) in [6.45, 7) is 4.84. The van der Waals surface area contributed by atoms with Crippen LogP contribution < -0.4 is 10.2 Å². The molecule has 0 saturated carbocycles. The molecule has 2 aromatic rings. The normalized spacial score (nSPS) is 19.2. The minimum Gasteiger partial charge on any atom is -0.368 e. The highest BCUT2D eigenvalue weighted by atomic mass is 16.6. The van der Waals surface area contributed by atoms with E-state index < -0.39 is 0 Å². The summed E-state index contributed by atoms with van der Waals surface area (Å²) in [6, 6.07) is 7.52. The Morgan fingerprint density at radius 3 is 3.05 bits per heavy atom. The number of anilines is 1. The second-order valence-electron chi connectivity index (χ2n) is 5.06. The average Bonchev–Trinajstić information content (AvgIpc) is 2.46. The van der Waals surface area contributed by atoms with E-state index >= 15 is 0 Å². The smallest absolute Gasteiger partial charge is 0.295 e. The molecule has 1 saturated heterocycles. The topological polar surface area (TPSA) is 71.3 Å². The third-order valence-electron chi connectivity index (χ3n) is 3.63. The number of hydrogen-bond acceptors (Lipinski definition) is 5. The zero-order chi connectivity index (χ0) is 14.1. The van der Waals surface area contributed by atoms with Gasteiger partial charge in [-0.2, -0.15) is 0 Å². The van der Waals surface area contributed by atoms with Crippen LogP contribution in [0, 0.1) is 10.1 Å². The van der Waals surface area contributed by atoms with E-state index in [1.165, 1.54) is 0 Å². The summed E-state index contributed by atoms with van der Waals surface area (Å²) in [5.74, 6) is 0. The van der Waals surface area contributed by atoms with Crippen molar-refractivity contribution < 1.29 is 4.92 Å². The number of rotatable bonds is 2. The predicted molar refractivity (Wildman–Crippen MR) is 78.1 cm³/mol. The van der Waals surface area contributed by atoms with E-state index in [2.05, 4.69) is 22.1 Å². The van der Waals surface area contributed by atoms with Crippen molar-refractivity contribution in [2.45, 2.75) is 13.0 Å². The van der Waals surface area contributed by atoms with Crippen molar-refractivity contribution in [1.29, 1.82) is 0 Å². The van der Waals surface area contributed by atoms with Crippen LogP contribution in [0.25, 0.3) is 10.9 Å². The third-order valence-corrected chi connectivity index (χ3v) is 3.63. The van der Waals surface area contributed by atoms with Crippen molar-refractivity contribution in [3.63, 3.8) is 0 Å². The number of aromatic nitrogens is 1. The lowest BCUT2D eigenvalue weighted by Crippen LogP contribution is -2.49. The summed E-state index contributed by atoms with van der Waals surface area (Å²) in [7, 11) is 0. The van der Waals surface area contributed by atoms with Gasteiger partial charge in [0.15, 0.2) is 0 Å². The number of fused-ring (bicyclic) bond motifs is 1. The van der Waals surface area contributed by atoms with Crippen LogP contribution in [-0.4, -0.2) is 35.6 Å². The van der Waals surface area contributed by atoms with Gasteiger partial charge in [-0.1, -0.05) is 0 Å². The molecule has 3 rings (SSSR count). The first kappa shape index (κ1) is 12.8. The molecule has 1 N–H and O–H groups in total. The summed E-state index contributed by atoms with van der Waals surface area (Å²) in [6.07, 6.45) is 1.60. The number of benzene rings is 1. The van der Waals surface area contributed by atoms with Crippen LogP contribution in [0.5, 0.6) is 0 Å². The van der Waals surface area contributed by atoms with Crippen LogP contribution in [0.4, 0.5) is 11.4 Å². The van der Waals surface area contributed by atoms with E-state index in [0.29, 0.717) is 11.6 Å². The van der Waals surface area contributed by atoms with Crippen LogP contribution in [0.3, 0.4) is 0 Å². The molecular weight excluding hydrogens is 256 g/mol. The molecule has 104 valence electrons. The van der Waals surface area contributed by atoms with E-state index in [9.17, 15) is 10.1 Å². The van der Waals surface area contributed by atoms with Gasteiger partial charge >= 0.3 is 0 Å². The van der Waals surface area contributed by atoms with Crippen LogP contribution in [-0.2, 0) is 0 Å². The van der Waals surface area contributed by atoms with Crippen molar-refractivity contribution in [3.8, 4) is 0 Å². The van der Waals surface area contributed by atoms with Crippen molar-refractivity contribution in [3.05, 3.63) is 40.6 Å². The van der Waals surface area contributed by atoms with Gasteiger partial charge < -0.3 is 10.2 Å². The fourth-order valence-corrected chi connectivity index (χ4v) is 2.72. The van der Waals surface area contributed by atoms with Gasteiger partial charge in [0, 0.05) is 49.0 Å². The van der Waals surface area contributed by atoms with Crippen LogP contribution >= 0.6 is 0 Å². The van der Waals surface area contributed by atoms with Gasteiger partial charge in [0.1, 0.15) is 5.52 Å². The molecule has 0 spiro atoms. The average molecular weight is 272 g/mol. The highest BCUT2D eigenvalue weighted by molar-refractivity contribution is 5.97. The molecule has 0 bridgehead atoms. The minimum absolute atomic E-state index is 0.0625. The molecule has 1 atom stereocenters. The highest BCUT2D eigenvalue weighted by Crippen LogP contribution is 2.32. The lowest BCUT2D eigenvalue weighted by Gasteiger charge is -2.34. The van der Waals surface area contributed by atoms with Crippen molar-refractivity contribution >= 4 is 22.3 Å². The van der Waals surface area contributed by atoms with E-state index in [0.717, 1.165) is 30.7 Å². The molecule has 1 aliphatic rings. The fraction of sp³-hybridized carbons (Fsp3) is 0.357. The molecular formula is C14H16N4O2. The predicted octanol–water partition coefficient (Wildman–Crippen LogP) is 1.94. The standard InChI is InChI=1S/C14H16N4O2/c1-10-9-17(8-7-15-10)12-4-5-13(18(19)20)14-11(12)3-2-6-16-14/h2-6,10,15H,7-9H2,1H3. The number of non-ortho nitro benzene ring substituents is 1. The number of hydrogen-bond donors (Lipinski definition) is 1. The largest absolute Gasteiger partial charge is 0.368 e. The maximum Gasteiger partial charge on any atom is 0.295 e. The SMILES string of the molecule is CC1CN(c2ccc([N+](=O)[O-])c3ncccc23)CCN1. The summed E-state index contributed by atoms with van der Waals surface area (Å²) >= 11 is 0.